The predicted octanol–water partition coefficient (Wildman–Crippen LogP) is 1.92. The van der Waals surface area contributed by atoms with Crippen molar-refractivity contribution in [2.24, 2.45) is 0 Å². The molecule has 1 aromatic carbocycles. The molecule has 0 atom stereocenters. The van der Waals surface area contributed by atoms with E-state index in [2.05, 4.69) is 10.7 Å². The number of ether oxygens (including phenoxy) is 1. The van der Waals surface area contributed by atoms with Crippen molar-refractivity contribution in [3.05, 3.63) is 29.3 Å². The van der Waals surface area contributed by atoms with Gasteiger partial charge in [0, 0.05) is 26.4 Å². The molecule has 0 aliphatic heterocycles. The number of para-hydroxylation sites is 1. The average Bonchev–Trinajstić information content (AvgIpc) is 2.31. The van der Waals surface area contributed by atoms with Gasteiger partial charge in [-0.05, 0) is 25.0 Å². The zero-order chi connectivity index (χ0) is 13.5. The zero-order valence-corrected chi connectivity index (χ0v) is 11.4. The summed E-state index contributed by atoms with van der Waals surface area (Å²) in [6, 6.07) is 5.67. The first kappa shape index (κ1) is 14.5. The normalized spacial score (nSPS) is 10.5. The number of hydrogen-bond donors (Lipinski definition) is 2. The molecule has 1 aromatic rings. The largest absolute Gasteiger partial charge is 0.383 e. The third-order valence-corrected chi connectivity index (χ3v) is 2.64. The fourth-order valence-electron chi connectivity index (χ4n) is 1.61. The van der Waals surface area contributed by atoms with E-state index in [4.69, 9.17) is 4.74 Å². The van der Waals surface area contributed by atoms with Gasteiger partial charge < -0.3 is 10.1 Å². The molecule has 0 aromatic heterocycles. The Morgan fingerprint density at radius 2 is 1.94 bits per heavy atom. The number of hydrazine groups is 1. The lowest BCUT2D eigenvalue weighted by Crippen LogP contribution is -2.43. The van der Waals surface area contributed by atoms with Gasteiger partial charge in [0.1, 0.15) is 0 Å². The first-order chi connectivity index (χ1) is 8.54. The number of urea groups is 1. The molecule has 0 aliphatic rings. The molecular formula is C13H21N3O2. The molecule has 5 nitrogen and oxygen atoms in total. The van der Waals surface area contributed by atoms with Crippen LogP contribution in [0.4, 0.5) is 10.5 Å². The highest BCUT2D eigenvalue weighted by atomic mass is 16.5. The van der Waals surface area contributed by atoms with Crippen molar-refractivity contribution in [1.82, 2.24) is 10.4 Å². The van der Waals surface area contributed by atoms with Crippen LogP contribution in [0.3, 0.4) is 0 Å². The van der Waals surface area contributed by atoms with Crippen molar-refractivity contribution in [3.63, 3.8) is 0 Å². The fourth-order valence-corrected chi connectivity index (χ4v) is 1.61. The second-order valence-electron chi connectivity index (χ2n) is 4.25. The van der Waals surface area contributed by atoms with Gasteiger partial charge >= 0.3 is 6.03 Å². The third-order valence-electron chi connectivity index (χ3n) is 2.64. The summed E-state index contributed by atoms with van der Waals surface area (Å²) in [6.07, 6.45) is 0. The van der Waals surface area contributed by atoms with E-state index in [1.54, 1.807) is 19.2 Å². The molecule has 0 fully saturated rings. The lowest BCUT2D eigenvalue weighted by Gasteiger charge is -2.19. The first-order valence-electron chi connectivity index (χ1n) is 5.88. The molecule has 2 N–H and O–H groups in total. The van der Waals surface area contributed by atoms with Crippen molar-refractivity contribution in [2.75, 3.05) is 32.6 Å². The van der Waals surface area contributed by atoms with Crippen LogP contribution < -0.4 is 10.7 Å². The minimum atomic E-state index is -0.244. The summed E-state index contributed by atoms with van der Waals surface area (Å²) in [5.41, 5.74) is 5.67. The van der Waals surface area contributed by atoms with E-state index < -0.39 is 0 Å². The summed E-state index contributed by atoms with van der Waals surface area (Å²) in [6.45, 7) is 5.14. The Hall–Kier alpha value is -1.59. The van der Waals surface area contributed by atoms with Crippen LogP contribution in [0.2, 0.25) is 0 Å². The molecule has 100 valence electrons. The maximum atomic E-state index is 11.8. The monoisotopic (exact) mass is 251 g/mol. The number of aryl methyl sites for hydroxylation is 2. The number of rotatable bonds is 5. The van der Waals surface area contributed by atoms with Crippen LogP contribution >= 0.6 is 0 Å². The van der Waals surface area contributed by atoms with Gasteiger partial charge in [-0.2, -0.15) is 0 Å². The Bertz CT molecular complexity index is 387. The van der Waals surface area contributed by atoms with Crippen molar-refractivity contribution in [1.29, 1.82) is 0 Å². The topological polar surface area (TPSA) is 53.6 Å². The molecule has 5 heteroatoms. The van der Waals surface area contributed by atoms with Crippen LogP contribution in [0.15, 0.2) is 18.2 Å². The Morgan fingerprint density at radius 1 is 1.33 bits per heavy atom. The van der Waals surface area contributed by atoms with Gasteiger partial charge in [0.15, 0.2) is 0 Å². The number of hydrogen-bond acceptors (Lipinski definition) is 3. The molecule has 0 heterocycles. The number of likely N-dealkylation sites (N-methyl/N-ethyl adjacent to an activating group) is 1. The fraction of sp³-hybridized carbons (Fsp3) is 0.462. The highest BCUT2D eigenvalue weighted by Crippen LogP contribution is 2.18. The quantitative estimate of drug-likeness (QED) is 0.786. The SMILES string of the molecule is COCCN(C)NC(=O)Nc1c(C)cccc1C. The predicted molar refractivity (Wildman–Crippen MR) is 72.6 cm³/mol. The van der Waals surface area contributed by atoms with E-state index >= 15 is 0 Å². The number of carbonyl (C=O) groups excluding carboxylic acids is 1. The number of anilines is 1. The Labute approximate surface area is 108 Å². The number of nitrogens with one attached hydrogen (secondary N) is 2. The van der Waals surface area contributed by atoms with E-state index in [9.17, 15) is 4.79 Å². The Kier molecular flexibility index (Phi) is 5.61. The van der Waals surface area contributed by atoms with E-state index in [1.165, 1.54) is 0 Å². The van der Waals surface area contributed by atoms with Gasteiger partial charge in [-0.25, -0.2) is 9.80 Å². The van der Waals surface area contributed by atoms with E-state index in [0.717, 1.165) is 16.8 Å². The van der Waals surface area contributed by atoms with E-state index in [0.29, 0.717) is 13.2 Å². The third kappa shape index (κ3) is 4.35. The van der Waals surface area contributed by atoms with Crippen molar-refractivity contribution < 1.29 is 9.53 Å². The van der Waals surface area contributed by atoms with Gasteiger partial charge in [-0.1, -0.05) is 18.2 Å². The molecule has 2 amide bonds. The Balaban J connectivity index is 2.54. The maximum Gasteiger partial charge on any atom is 0.333 e. The van der Waals surface area contributed by atoms with E-state index in [-0.39, 0.29) is 6.03 Å². The molecule has 1 rings (SSSR count). The molecular weight excluding hydrogens is 230 g/mol. The van der Waals surface area contributed by atoms with Crippen LogP contribution in [0.5, 0.6) is 0 Å². The summed E-state index contributed by atoms with van der Waals surface area (Å²) >= 11 is 0. The summed E-state index contributed by atoms with van der Waals surface area (Å²) < 4.78 is 4.94. The Morgan fingerprint density at radius 3 is 2.50 bits per heavy atom. The number of nitrogens with zero attached hydrogens (tertiary/aromatic N) is 1. The van der Waals surface area contributed by atoms with Gasteiger partial charge in [0.2, 0.25) is 0 Å². The van der Waals surface area contributed by atoms with Crippen LogP contribution in [0.25, 0.3) is 0 Å². The summed E-state index contributed by atoms with van der Waals surface area (Å²) in [5, 5.41) is 4.54. The minimum Gasteiger partial charge on any atom is -0.383 e. The standard InChI is InChI=1S/C13H21N3O2/c1-10-6-5-7-11(2)12(10)14-13(17)15-16(3)8-9-18-4/h5-7H,8-9H2,1-4H3,(H2,14,15,17). The minimum absolute atomic E-state index is 0.244. The second kappa shape index (κ2) is 6.98. The van der Waals surface area contributed by atoms with E-state index in [1.807, 2.05) is 32.0 Å². The van der Waals surface area contributed by atoms with Gasteiger partial charge in [-0.3, -0.25) is 5.43 Å². The first-order valence-corrected chi connectivity index (χ1v) is 5.88. The second-order valence-corrected chi connectivity index (χ2v) is 4.25. The number of carbonyl (C=O) groups is 1. The van der Waals surface area contributed by atoms with Gasteiger partial charge in [0.25, 0.3) is 0 Å². The highest BCUT2D eigenvalue weighted by Gasteiger charge is 2.08. The van der Waals surface area contributed by atoms with Crippen LogP contribution in [0.1, 0.15) is 11.1 Å². The summed E-state index contributed by atoms with van der Waals surface area (Å²) in [7, 11) is 3.42. The number of amides is 2. The van der Waals surface area contributed by atoms with Gasteiger partial charge in [0.05, 0.1) is 6.61 Å². The van der Waals surface area contributed by atoms with Crippen LogP contribution in [-0.2, 0) is 4.74 Å². The van der Waals surface area contributed by atoms with Crippen molar-refractivity contribution in [3.8, 4) is 0 Å². The highest BCUT2D eigenvalue weighted by molar-refractivity contribution is 5.90. The van der Waals surface area contributed by atoms with Crippen LogP contribution in [0, 0.1) is 13.8 Å². The summed E-state index contributed by atoms with van der Waals surface area (Å²) in [5.74, 6) is 0. The lowest BCUT2D eigenvalue weighted by atomic mass is 10.1. The average molecular weight is 251 g/mol. The van der Waals surface area contributed by atoms with Crippen molar-refractivity contribution >= 4 is 11.7 Å². The molecule has 0 saturated carbocycles. The maximum absolute atomic E-state index is 11.8. The number of benzene rings is 1. The molecule has 0 unspecified atom stereocenters. The number of methoxy groups -OCH3 is 1. The molecule has 0 bridgehead atoms. The van der Waals surface area contributed by atoms with Crippen LogP contribution in [-0.4, -0.2) is 38.3 Å². The molecule has 0 saturated heterocycles. The molecule has 0 radical (unpaired) electrons. The van der Waals surface area contributed by atoms with Crippen molar-refractivity contribution in [2.45, 2.75) is 13.8 Å². The molecule has 0 aliphatic carbocycles. The zero-order valence-electron chi connectivity index (χ0n) is 11.4. The smallest absolute Gasteiger partial charge is 0.333 e. The molecule has 18 heavy (non-hydrogen) atoms. The summed E-state index contributed by atoms with van der Waals surface area (Å²) in [4.78, 5) is 11.8. The van der Waals surface area contributed by atoms with Gasteiger partial charge in [-0.15, -0.1) is 0 Å². The molecule has 0 spiro atoms. The lowest BCUT2D eigenvalue weighted by molar-refractivity contribution is 0.140.